The third-order valence-corrected chi connectivity index (χ3v) is 3.78. The van der Waals surface area contributed by atoms with E-state index in [1.165, 1.54) is 0 Å². The standard InChI is InChI=1S/C16H24N4O4/c21-12-14(19-15(22)11-13-1-3-17-4-2-13)16(23)18-5-6-20-7-9-24-10-8-20/h1-4,14,21H,5-12H2,(H,18,23)(H,19,22). The molecule has 0 saturated carbocycles. The van der Waals surface area contributed by atoms with E-state index in [0.717, 1.165) is 25.2 Å². The molecule has 24 heavy (non-hydrogen) atoms. The van der Waals surface area contributed by atoms with Crippen LogP contribution >= 0.6 is 0 Å². The fourth-order valence-electron chi connectivity index (χ4n) is 2.41. The van der Waals surface area contributed by atoms with Crippen molar-refractivity contribution in [2.24, 2.45) is 0 Å². The molecule has 8 heteroatoms. The van der Waals surface area contributed by atoms with Gasteiger partial charge in [0.15, 0.2) is 0 Å². The lowest BCUT2D eigenvalue weighted by atomic mass is 10.2. The Morgan fingerprint density at radius 1 is 1.29 bits per heavy atom. The molecular formula is C16H24N4O4. The molecule has 1 atom stereocenters. The van der Waals surface area contributed by atoms with E-state index in [4.69, 9.17) is 4.74 Å². The number of hydrogen-bond donors (Lipinski definition) is 3. The van der Waals surface area contributed by atoms with Crippen molar-refractivity contribution in [1.82, 2.24) is 20.5 Å². The molecule has 0 bridgehead atoms. The summed E-state index contributed by atoms with van der Waals surface area (Å²) in [5.41, 5.74) is 0.798. The Bertz CT molecular complexity index is 520. The third-order valence-electron chi connectivity index (χ3n) is 3.78. The van der Waals surface area contributed by atoms with E-state index in [1.54, 1.807) is 24.5 Å². The number of carbonyl (C=O) groups is 2. The Balaban J connectivity index is 1.71. The molecule has 2 rings (SSSR count). The second-order valence-electron chi connectivity index (χ2n) is 5.58. The normalized spacial score (nSPS) is 16.4. The van der Waals surface area contributed by atoms with Gasteiger partial charge in [0.1, 0.15) is 6.04 Å². The summed E-state index contributed by atoms with van der Waals surface area (Å²) in [6.45, 7) is 3.86. The number of pyridine rings is 1. The first-order chi connectivity index (χ1) is 11.7. The molecule has 1 unspecified atom stereocenters. The van der Waals surface area contributed by atoms with Gasteiger partial charge in [-0.15, -0.1) is 0 Å². The summed E-state index contributed by atoms with van der Waals surface area (Å²) in [6.07, 6.45) is 3.34. The van der Waals surface area contributed by atoms with Gasteiger partial charge in [0, 0.05) is 38.6 Å². The number of aliphatic hydroxyl groups excluding tert-OH is 1. The fraction of sp³-hybridized carbons (Fsp3) is 0.562. The number of morpholine rings is 1. The molecule has 0 radical (unpaired) electrons. The van der Waals surface area contributed by atoms with Gasteiger partial charge in [-0.2, -0.15) is 0 Å². The molecule has 1 fully saturated rings. The van der Waals surface area contributed by atoms with Crippen molar-refractivity contribution in [1.29, 1.82) is 0 Å². The number of amides is 2. The molecule has 2 amide bonds. The van der Waals surface area contributed by atoms with Crippen LogP contribution in [-0.2, 0) is 20.7 Å². The Morgan fingerprint density at radius 2 is 2.00 bits per heavy atom. The average molecular weight is 336 g/mol. The number of nitrogens with zero attached hydrogens (tertiary/aromatic N) is 2. The highest BCUT2D eigenvalue weighted by molar-refractivity contribution is 5.88. The summed E-state index contributed by atoms with van der Waals surface area (Å²) in [5.74, 6) is -0.697. The average Bonchev–Trinajstić information content (AvgIpc) is 2.61. The molecule has 1 aliphatic rings. The van der Waals surface area contributed by atoms with Crippen LogP contribution in [0.25, 0.3) is 0 Å². The lowest BCUT2D eigenvalue weighted by Crippen LogP contribution is -2.51. The summed E-state index contributed by atoms with van der Waals surface area (Å²) in [7, 11) is 0. The van der Waals surface area contributed by atoms with E-state index >= 15 is 0 Å². The predicted molar refractivity (Wildman–Crippen MR) is 87.2 cm³/mol. The van der Waals surface area contributed by atoms with Crippen LogP contribution in [0, 0.1) is 0 Å². The highest BCUT2D eigenvalue weighted by atomic mass is 16.5. The summed E-state index contributed by atoms with van der Waals surface area (Å²) in [4.78, 5) is 30.1. The zero-order valence-electron chi connectivity index (χ0n) is 13.6. The smallest absolute Gasteiger partial charge is 0.245 e. The minimum absolute atomic E-state index is 0.139. The molecule has 1 aromatic heterocycles. The summed E-state index contributed by atoms with van der Waals surface area (Å²) >= 11 is 0. The minimum Gasteiger partial charge on any atom is -0.394 e. The fourth-order valence-corrected chi connectivity index (χ4v) is 2.41. The van der Waals surface area contributed by atoms with Crippen LogP contribution in [0.15, 0.2) is 24.5 Å². The number of nitrogens with one attached hydrogen (secondary N) is 2. The first-order valence-electron chi connectivity index (χ1n) is 8.06. The van der Waals surface area contributed by atoms with Crippen molar-refractivity contribution in [3.05, 3.63) is 30.1 Å². The lowest BCUT2D eigenvalue weighted by Gasteiger charge is -2.26. The van der Waals surface area contributed by atoms with Crippen molar-refractivity contribution in [2.75, 3.05) is 46.0 Å². The summed E-state index contributed by atoms with van der Waals surface area (Å²) < 4.78 is 5.26. The Labute approximate surface area is 141 Å². The lowest BCUT2D eigenvalue weighted by molar-refractivity contribution is -0.129. The molecule has 3 N–H and O–H groups in total. The summed E-state index contributed by atoms with van der Waals surface area (Å²) in [6, 6.07) is 2.52. The third kappa shape index (κ3) is 6.23. The van der Waals surface area contributed by atoms with Crippen molar-refractivity contribution in [2.45, 2.75) is 12.5 Å². The van der Waals surface area contributed by atoms with E-state index in [-0.39, 0.29) is 18.2 Å². The summed E-state index contributed by atoms with van der Waals surface area (Å²) in [5, 5.41) is 14.6. The van der Waals surface area contributed by atoms with Crippen molar-refractivity contribution < 1.29 is 19.4 Å². The Morgan fingerprint density at radius 3 is 2.67 bits per heavy atom. The number of carbonyl (C=O) groups excluding carboxylic acids is 2. The maximum absolute atomic E-state index is 12.1. The van der Waals surface area contributed by atoms with Gasteiger partial charge in [0.2, 0.25) is 11.8 Å². The van der Waals surface area contributed by atoms with Gasteiger partial charge < -0.3 is 20.5 Å². The molecule has 0 aliphatic carbocycles. The predicted octanol–water partition coefficient (Wildman–Crippen LogP) is -1.45. The number of rotatable bonds is 8. The topological polar surface area (TPSA) is 104 Å². The first kappa shape index (κ1) is 18.3. The van der Waals surface area contributed by atoms with Gasteiger partial charge in [-0.3, -0.25) is 19.5 Å². The molecule has 1 aromatic rings. The monoisotopic (exact) mass is 336 g/mol. The molecule has 0 aromatic carbocycles. The maximum atomic E-state index is 12.1. The van der Waals surface area contributed by atoms with Gasteiger partial charge >= 0.3 is 0 Å². The Hall–Kier alpha value is -2.03. The van der Waals surface area contributed by atoms with Crippen LogP contribution in [-0.4, -0.2) is 78.8 Å². The van der Waals surface area contributed by atoms with Gasteiger partial charge in [-0.05, 0) is 17.7 Å². The van der Waals surface area contributed by atoms with Gasteiger partial charge in [0.05, 0.1) is 26.2 Å². The first-order valence-corrected chi connectivity index (χ1v) is 8.06. The molecule has 8 nitrogen and oxygen atoms in total. The van der Waals surface area contributed by atoms with Crippen LogP contribution < -0.4 is 10.6 Å². The number of aliphatic hydroxyl groups is 1. The van der Waals surface area contributed by atoms with E-state index in [2.05, 4.69) is 20.5 Å². The number of ether oxygens (including phenoxy) is 1. The quantitative estimate of drug-likeness (QED) is 0.537. The SMILES string of the molecule is O=C(Cc1ccncc1)NC(CO)C(=O)NCCN1CCOCC1. The largest absolute Gasteiger partial charge is 0.394 e. The molecule has 2 heterocycles. The Kier molecular flexibility index (Phi) is 7.60. The van der Waals surface area contributed by atoms with E-state index in [0.29, 0.717) is 19.8 Å². The highest BCUT2D eigenvalue weighted by Crippen LogP contribution is 1.98. The van der Waals surface area contributed by atoms with Crippen LogP contribution in [0.5, 0.6) is 0 Å². The van der Waals surface area contributed by atoms with Crippen LogP contribution in [0.1, 0.15) is 5.56 Å². The zero-order chi connectivity index (χ0) is 17.2. The van der Waals surface area contributed by atoms with E-state index in [9.17, 15) is 14.7 Å². The highest BCUT2D eigenvalue weighted by Gasteiger charge is 2.20. The van der Waals surface area contributed by atoms with E-state index in [1.807, 2.05) is 0 Å². The second-order valence-corrected chi connectivity index (χ2v) is 5.58. The molecular weight excluding hydrogens is 312 g/mol. The van der Waals surface area contributed by atoms with Gasteiger partial charge in [0.25, 0.3) is 0 Å². The van der Waals surface area contributed by atoms with Crippen molar-refractivity contribution in [3.8, 4) is 0 Å². The van der Waals surface area contributed by atoms with E-state index < -0.39 is 12.6 Å². The van der Waals surface area contributed by atoms with Crippen molar-refractivity contribution >= 4 is 11.8 Å². The molecule has 132 valence electrons. The van der Waals surface area contributed by atoms with Gasteiger partial charge in [-0.1, -0.05) is 0 Å². The van der Waals surface area contributed by atoms with Crippen molar-refractivity contribution in [3.63, 3.8) is 0 Å². The van der Waals surface area contributed by atoms with Gasteiger partial charge in [-0.25, -0.2) is 0 Å². The zero-order valence-corrected chi connectivity index (χ0v) is 13.6. The molecule has 1 aliphatic heterocycles. The maximum Gasteiger partial charge on any atom is 0.245 e. The number of aromatic nitrogens is 1. The molecule has 0 spiro atoms. The second kappa shape index (κ2) is 9.96. The minimum atomic E-state index is -0.941. The van der Waals surface area contributed by atoms with Crippen LogP contribution in [0.2, 0.25) is 0 Å². The van der Waals surface area contributed by atoms with Crippen LogP contribution in [0.4, 0.5) is 0 Å². The molecule has 1 saturated heterocycles. The number of hydrogen-bond acceptors (Lipinski definition) is 6. The van der Waals surface area contributed by atoms with Crippen LogP contribution in [0.3, 0.4) is 0 Å².